The third kappa shape index (κ3) is 5.38. The first-order valence-corrected chi connectivity index (χ1v) is 6.35. The maximum absolute atomic E-state index is 13.1. The lowest BCUT2D eigenvalue weighted by Crippen LogP contribution is -2.39. The zero-order valence-corrected chi connectivity index (χ0v) is 12.1. The van der Waals surface area contributed by atoms with E-state index in [1.165, 1.54) is 17.0 Å². The highest BCUT2D eigenvalue weighted by molar-refractivity contribution is 5.90. The quantitative estimate of drug-likeness (QED) is 0.832. The Balaban J connectivity index is 2.78. The maximum Gasteiger partial charge on any atom is 0.322 e. The normalized spacial score (nSPS) is 10.0. The number of hydrogen-bond donors (Lipinski definition) is 1. The van der Waals surface area contributed by atoms with Gasteiger partial charge in [-0.25, -0.2) is 9.18 Å². The highest BCUT2D eigenvalue weighted by Crippen LogP contribution is 2.16. The molecule has 1 aromatic rings. The monoisotopic (exact) mass is 295 g/mol. The number of rotatable bonds is 7. The highest BCUT2D eigenvalue weighted by Gasteiger charge is 2.15. The smallest absolute Gasteiger partial charge is 0.322 e. The van der Waals surface area contributed by atoms with Crippen LogP contribution in [0.2, 0.25) is 0 Å². The van der Waals surface area contributed by atoms with Crippen molar-refractivity contribution in [3.05, 3.63) is 29.6 Å². The van der Waals surface area contributed by atoms with E-state index in [0.717, 1.165) is 6.07 Å². The van der Waals surface area contributed by atoms with Gasteiger partial charge in [-0.15, -0.1) is 0 Å². The Morgan fingerprint density at radius 1 is 1.33 bits per heavy atom. The van der Waals surface area contributed by atoms with Gasteiger partial charge in [0.15, 0.2) is 0 Å². The first-order chi connectivity index (χ1) is 10.1. The van der Waals surface area contributed by atoms with Crippen molar-refractivity contribution in [3.8, 4) is 6.07 Å². The summed E-state index contributed by atoms with van der Waals surface area (Å²) in [5.41, 5.74) is 0.338. The molecule has 114 valence electrons. The van der Waals surface area contributed by atoms with E-state index in [0.29, 0.717) is 26.3 Å². The van der Waals surface area contributed by atoms with Gasteiger partial charge in [0.2, 0.25) is 0 Å². The first kappa shape index (κ1) is 16.9. The second-order valence-corrected chi connectivity index (χ2v) is 4.20. The van der Waals surface area contributed by atoms with Crippen LogP contribution in [0.4, 0.5) is 14.9 Å². The van der Waals surface area contributed by atoms with E-state index in [9.17, 15) is 9.18 Å². The molecule has 1 rings (SSSR count). The molecule has 0 atom stereocenters. The molecule has 0 aliphatic carbocycles. The average Bonchev–Trinajstić information content (AvgIpc) is 2.49. The van der Waals surface area contributed by atoms with E-state index in [-0.39, 0.29) is 11.3 Å². The molecular weight excluding hydrogens is 277 g/mol. The lowest BCUT2D eigenvalue weighted by molar-refractivity contribution is 0.127. The minimum Gasteiger partial charge on any atom is -0.383 e. The van der Waals surface area contributed by atoms with Gasteiger partial charge in [-0.1, -0.05) is 0 Å². The molecule has 2 amide bonds. The average molecular weight is 295 g/mol. The summed E-state index contributed by atoms with van der Waals surface area (Å²) in [6, 6.07) is 5.07. The van der Waals surface area contributed by atoms with Crippen LogP contribution < -0.4 is 5.32 Å². The number of carbonyl (C=O) groups is 1. The van der Waals surface area contributed by atoms with Gasteiger partial charge in [0.25, 0.3) is 0 Å². The predicted octanol–water partition coefficient (Wildman–Crippen LogP) is 1.82. The lowest BCUT2D eigenvalue weighted by Gasteiger charge is -2.22. The van der Waals surface area contributed by atoms with Gasteiger partial charge < -0.3 is 19.7 Å². The molecule has 0 aliphatic rings. The summed E-state index contributed by atoms with van der Waals surface area (Å²) in [7, 11) is 3.08. The summed E-state index contributed by atoms with van der Waals surface area (Å²) in [6.45, 7) is 1.53. The zero-order valence-electron chi connectivity index (χ0n) is 12.1. The fourth-order valence-electron chi connectivity index (χ4n) is 1.63. The zero-order chi connectivity index (χ0) is 15.7. The van der Waals surface area contributed by atoms with Crippen LogP contribution in [0.1, 0.15) is 5.56 Å². The van der Waals surface area contributed by atoms with Gasteiger partial charge in [0.05, 0.1) is 24.5 Å². The standard InChI is InChI=1S/C14H18FN3O3/c1-20-7-5-18(6-8-21-2)14(19)17-13-4-3-12(15)9-11(13)10-16/h3-4,9H,5-8H2,1-2H3,(H,17,19). The molecule has 0 unspecified atom stereocenters. The highest BCUT2D eigenvalue weighted by atomic mass is 19.1. The minimum absolute atomic E-state index is 0.0711. The van der Waals surface area contributed by atoms with Crippen molar-refractivity contribution in [2.45, 2.75) is 0 Å². The van der Waals surface area contributed by atoms with E-state index < -0.39 is 11.8 Å². The number of amides is 2. The van der Waals surface area contributed by atoms with Gasteiger partial charge >= 0.3 is 6.03 Å². The van der Waals surface area contributed by atoms with Crippen molar-refractivity contribution in [2.24, 2.45) is 0 Å². The fourth-order valence-corrected chi connectivity index (χ4v) is 1.63. The molecule has 0 saturated heterocycles. The molecule has 0 fully saturated rings. The second-order valence-electron chi connectivity index (χ2n) is 4.20. The van der Waals surface area contributed by atoms with Crippen LogP contribution in [0.25, 0.3) is 0 Å². The summed E-state index contributed by atoms with van der Waals surface area (Å²) < 4.78 is 23.0. The van der Waals surface area contributed by atoms with E-state index >= 15 is 0 Å². The molecule has 1 N–H and O–H groups in total. The Hall–Kier alpha value is -2.17. The Morgan fingerprint density at radius 2 is 1.95 bits per heavy atom. The number of anilines is 1. The molecule has 0 heterocycles. The summed E-state index contributed by atoms with van der Waals surface area (Å²) in [6.07, 6.45) is 0. The van der Waals surface area contributed by atoms with Crippen LogP contribution in [0.3, 0.4) is 0 Å². The number of methoxy groups -OCH3 is 2. The number of benzene rings is 1. The predicted molar refractivity (Wildman–Crippen MR) is 75.5 cm³/mol. The van der Waals surface area contributed by atoms with Crippen LogP contribution in [0.15, 0.2) is 18.2 Å². The first-order valence-electron chi connectivity index (χ1n) is 6.35. The number of nitrogens with one attached hydrogen (secondary N) is 1. The Morgan fingerprint density at radius 3 is 2.48 bits per heavy atom. The van der Waals surface area contributed by atoms with Crippen LogP contribution in [0.5, 0.6) is 0 Å². The number of ether oxygens (including phenoxy) is 2. The summed E-state index contributed by atoms with van der Waals surface area (Å²) in [5, 5.41) is 11.5. The molecule has 0 aliphatic heterocycles. The number of hydrogen-bond acceptors (Lipinski definition) is 4. The summed E-state index contributed by atoms with van der Waals surface area (Å²) in [4.78, 5) is 13.7. The molecule has 7 heteroatoms. The van der Waals surface area contributed by atoms with Gasteiger partial charge in [-0.05, 0) is 18.2 Å². The maximum atomic E-state index is 13.1. The molecule has 0 saturated carbocycles. The SMILES string of the molecule is COCCN(CCOC)C(=O)Nc1ccc(F)cc1C#N. The van der Waals surface area contributed by atoms with E-state index in [4.69, 9.17) is 14.7 Å². The fraction of sp³-hybridized carbons (Fsp3) is 0.429. The Bertz CT molecular complexity index is 509. The molecule has 1 aromatic carbocycles. The van der Waals surface area contributed by atoms with Gasteiger partial charge in [0, 0.05) is 27.3 Å². The van der Waals surface area contributed by atoms with Gasteiger partial charge in [-0.2, -0.15) is 5.26 Å². The van der Waals surface area contributed by atoms with E-state index in [1.54, 1.807) is 14.2 Å². The number of nitrogens with zero attached hydrogens (tertiary/aromatic N) is 2. The van der Waals surface area contributed by atoms with Gasteiger partial charge in [0.1, 0.15) is 11.9 Å². The third-order valence-electron chi connectivity index (χ3n) is 2.76. The minimum atomic E-state index is -0.528. The topological polar surface area (TPSA) is 74.6 Å². The van der Waals surface area contributed by atoms with Crippen molar-refractivity contribution in [1.82, 2.24) is 4.90 Å². The molecule has 0 bridgehead atoms. The van der Waals surface area contributed by atoms with Crippen molar-refractivity contribution in [1.29, 1.82) is 5.26 Å². The lowest BCUT2D eigenvalue weighted by atomic mass is 10.2. The van der Waals surface area contributed by atoms with Crippen LogP contribution in [0, 0.1) is 17.1 Å². The molecule has 0 spiro atoms. The largest absolute Gasteiger partial charge is 0.383 e. The second kappa shape index (κ2) is 8.89. The number of nitriles is 1. The number of urea groups is 1. The molecule has 6 nitrogen and oxygen atoms in total. The number of halogens is 1. The summed E-state index contributed by atoms with van der Waals surface area (Å²) >= 11 is 0. The van der Waals surface area contributed by atoms with E-state index in [1.807, 2.05) is 6.07 Å². The molecule has 0 radical (unpaired) electrons. The van der Waals surface area contributed by atoms with Gasteiger partial charge in [-0.3, -0.25) is 0 Å². The summed E-state index contributed by atoms with van der Waals surface area (Å²) in [5.74, 6) is -0.528. The van der Waals surface area contributed by atoms with E-state index in [2.05, 4.69) is 5.32 Å². The van der Waals surface area contributed by atoms with Crippen LogP contribution in [-0.4, -0.2) is 51.5 Å². The molecule has 21 heavy (non-hydrogen) atoms. The Labute approximate surface area is 123 Å². The van der Waals surface area contributed by atoms with Crippen molar-refractivity contribution in [2.75, 3.05) is 45.8 Å². The number of carbonyl (C=O) groups excluding carboxylic acids is 1. The van der Waals surface area contributed by atoms with Crippen molar-refractivity contribution >= 4 is 11.7 Å². The molecular formula is C14H18FN3O3. The third-order valence-corrected chi connectivity index (χ3v) is 2.76. The molecule has 0 aromatic heterocycles. The van der Waals surface area contributed by atoms with Crippen molar-refractivity contribution < 1.29 is 18.7 Å². The Kier molecular flexibility index (Phi) is 7.15. The van der Waals surface area contributed by atoms with Crippen molar-refractivity contribution in [3.63, 3.8) is 0 Å². The van der Waals surface area contributed by atoms with Crippen LogP contribution in [-0.2, 0) is 9.47 Å². The van der Waals surface area contributed by atoms with Crippen LogP contribution >= 0.6 is 0 Å².